The minimum atomic E-state index is -0.725. The molecule has 3 rings (SSSR count). The van der Waals surface area contributed by atoms with E-state index in [1.54, 1.807) is 0 Å². The van der Waals surface area contributed by atoms with Crippen LogP contribution in [0.2, 0.25) is 0 Å². The maximum absolute atomic E-state index is 11.3. The predicted molar refractivity (Wildman–Crippen MR) is 74.2 cm³/mol. The van der Waals surface area contributed by atoms with Gasteiger partial charge < -0.3 is 5.11 Å². The van der Waals surface area contributed by atoms with Gasteiger partial charge in [-0.1, -0.05) is 54.6 Å². The highest BCUT2D eigenvalue weighted by molar-refractivity contribution is 5.70. The van der Waals surface area contributed by atoms with Crippen LogP contribution in [0.4, 0.5) is 0 Å². The second kappa shape index (κ2) is 4.54. The van der Waals surface area contributed by atoms with E-state index in [4.69, 9.17) is 0 Å². The van der Waals surface area contributed by atoms with Gasteiger partial charge in [0.05, 0.1) is 6.42 Å². The highest BCUT2D eigenvalue weighted by Gasteiger charge is 2.40. The van der Waals surface area contributed by atoms with Crippen LogP contribution in [0.3, 0.4) is 0 Å². The molecule has 1 aliphatic rings. The lowest BCUT2D eigenvalue weighted by atomic mass is 9.75. The summed E-state index contributed by atoms with van der Waals surface area (Å²) in [6.07, 6.45) is 1.82. The molecule has 0 fully saturated rings. The van der Waals surface area contributed by atoms with Crippen molar-refractivity contribution in [3.63, 3.8) is 0 Å². The minimum absolute atomic E-state index is 0.186. The van der Waals surface area contributed by atoms with Gasteiger partial charge in [0.2, 0.25) is 0 Å². The molecule has 0 bridgehead atoms. The first-order chi connectivity index (χ1) is 9.20. The number of aliphatic carboxylic acids is 1. The van der Waals surface area contributed by atoms with Crippen LogP contribution >= 0.6 is 0 Å². The largest absolute Gasteiger partial charge is 0.481 e. The third-order valence-electron chi connectivity index (χ3n) is 4.05. The van der Waals surface area contributed by atoms with Gasteiger partial charge in [0, 0.05) is 5.41 Å². The lowest BCUT2D eigenvalue weighted by Crippen LogP contribution is -2.30. The molecule has 1 N–H and O–H groups in total. The Morgan fingerprint density at radius 2 is 1.47 bits per heavy atom. The van der Waals surface area contributed by atoms with Crippen LogP contribution in [0.25, 0.3) is 0 Å². The number of carboxylic acids is 1. The number of fused-ring (bicyclic) bond motifs is 1. The molecule has 1 aliphatic carbocycles. The van der Waals surface area contributed by atoms with E-state index in [2.05, 4.69) is 24.3 Å². The summed E-state index contributed by atoms with van der Waals surface area (Å²) >= 11 is 0. The molecule has 0 atom stereocenters. The molecule has 0 saturated carbocycles. The summed E-state index contributed by atoms with van der Waals surface area (Å²) in [5, 5.41) is 9.28. The van der Waals surface area contributed by atoms with E-state index in [0.29, 0.717) is 0 Å². The van der Waals surface area contributed by atoms with Crippen LogP contribution in [-0.4, -0.2) is 11.1 Å². The molecular formula is C17H16O2. The summed E-state index contributed by atoms with van der Waals surface area (Å²) in [6.45, 7) is 0. The first-order valence-corrected chi connectivity index (χ1v) is 6.54. The highest BCUT2D eigenvalue weighted by Crippen LogP contribution is 2.42. The van der Waals surface area contributed by atoms with E-state index in [1.807, 2.05) is 30.3 Å². The van der Waals surface area contributed by atoms with Crippen LogP contribution in [0.1, 0.15) is 23.1 Å². The van der Waals surface area contributed by atoms with E-state index in [9.17, 15) is 9.90 Å². The average Bonchev–Trinajstić information content (AvgIpc) is 2.78. The molecule has 0 amide bonds. The van der Waals surface area contributed by atoms with E-state index >= 15 is 0 Å². The Kier molecular flexibility index (Phi) is 2.86. The van der Waals surface area contributed by atoms with Crippen LogP contribution in [0.15, 0.2) is 54.6 Å². The van der Waals surface area contributed by atoms with E-state index in [0.717, 1.165) is 18.4 Å². The Balaban J connectivity index is 2.04. The molecule has 0 spiro atoms. The first kappa shape index (κ1) is 12.0. The van der Waals surface area contributed by atoms with Gasteiger partial charge in [-0.25, -0.2) is 0 Å². The zero-order valence-corrected chi connectivity index (χ0v) is 10.7. The van der Waals surface area contributed by atoms with Crippen molar-refractivity contribution in [1.82, 2.24) is 0 Å². The fourth-order valence-electron chi connectivity index (χ4n) is 3.21. The minimum Gasteiger partial charge on any atom is -0.481 e. The third-order valence-corrected chi connectivity index (χ3v) is 4.05. The molecule has 0 aromatic heterocycles. The van der Waals surface area contributed by atoms with Crippen LogP contribution < -0.4 is 0 Å². The van der Waals surface area contributed by atoms with E-state index in [-0.39, 0.29) is 11.8 Å². The van der Waals surface area contributed by atoms with Gasteiger partial charge in [-0.15, -0.1) is 0 Å². The van der Waals surface area contributed by atoms with Crippen molar-refractivity contribution in [3.8, 4) is 0 Å². The third kappa shape index (κ3) is 2.14. The molecular weight excluding hydrogens is 236 g/mol. The molecule has 0 saturated heterocycles. The van der Waals surface area contributed by atoms with Crippen molar-refractivity contribution in [2.45, 2.75) is 24.7 Å². The van der Waals surface area contributed by atoms with Gasteiger partial charge in [-0.05, 0) is 29.5 Å². The second-order valence-corrected chi connectivity index (χ2v) is 5.34. The first-order valence-electron chi connectivity index (χ1n) is 6.54. The normalized spacial score (nSPS) is 16.0. The standard InChI is InChI=1S/C17H16O2/c18-16(19)12-17(15-8-2-1-3-9-15)10-13-6-4-5-7-14(13)11-17/h1-9H,10-12H2,(H,18,19). The molecule has 2 aromatic rings. The van der Waals surface area contributed by atoms with Crippen LogP contribution in [0.5, 0.6) is 0 Å². The SMILES string of the molecule is O=C(O)CC1(c2ccccc2)Cc2ccccc2C1. The topological polar surface area (TPSA) is 37.3 Å². The summed E-state index contributed by atoms with van der Waals surface area (Å²) in [6, 6.07) is 18.3. The van der Waals surface area contributed by atoms with Crippen molar-refractivity contribution < 1.29 is 9.90 Å². The molecule has 2 nitrogen and oxygen atoms in total. The summed E-state index contributed by atoms with van der Waals surface area (Å²) in [4.78, 5) is 11.3. The van der Waals surface area contributed by atoms with Crippen molar-refractivity contribution >= 4 is 5.97 Å². The predicted octanol–water partition coefficient (Wildman–Crippen LogP) is 3.20. The molecule has 96 valence electrons. The Labute approximate surface area is 112 Å². The summed E-state index contributed by atoms with van der Waals surface area (Å²) in [7, 11) is 0. The molecule has 0 radical (unpaired) electrons. The number of hydrogen-bond acceptors (Lipinski definition) is 1. The number of carbonyl (C=O) groups is 1. The highest BCUT2D eigenvalue weighted by atomic mass is 16.4. The van der Waals surface area contributed by atoms with Gasteiger partial charge in [0.15, 0.2) is 0 Å². The average molecular weight is 252 g/mol. The van der Waals surface area contributed by atoms with Crippen molar-refractivity contribution in [1.29, 1.82) is 0 Å². The van der Waals surface area contributed by atoms with Gasteiger partial charge in [-0.3, -0.25) is 4.79 Å². The summed E-state index contributed by atoms with van der Waals surface area (Å²) in [5.41, 5.74) is 3.42. The van der Waals surface area contributed by atoms with Gasteiger partial charge >= 0.3 is 5.97 Å². The summed E-state index contributed by atoms with van der Waals surface area (Å²) in [5.74, 6) is -0.725. The molecule has 19 heavy (non-hydrogen) atoms. The van der Waals surface area contributed by atoms with Gasteiger partial charge in [0.25, 0.3) is 0 Å². The molecule has 0 aliphatic heterocycles. The van der Waals surface area contributed by atoms with Crippen molar-refractivity contribution in [2.24, 2.45) is 0 Å². The van der Waals surface area contributed by atoms with E-state index < -0.39 is 5.97 Å². The zero-order chi connectivity index (χ0) is 13.3. The lowest BCUT2D eigenvalue weighted by Gasteiger charge is -2.28. The van der Waals surface area contributed by atoms with Gasteiger partial charge in [-0.2, -0.15) is 0 Å². The lowest BCUT2D eigenvalue weighted by molar-refractivity contribution is -0.138. The molecule has 0 unspecified atom stereocenters. The Bertz CT molecular complexity index is 577. The Hall–Kier alpha value is -2.09. The van der Waals surface area contributed by atoms with Crippen LogP contribution in [0, 0.1) is 0 Å². The van der Waals surface area contributed by atoms with Crippen molar-refractivity contribution in [2.75, 3.05) is 0 Å². The quantitative estimate of drug-likeness (QED) is 0.910. The maximum atomic E-state index is 11.3. The summed E-state index contributed by atoms with van der Waals surface area (Å²) < 4.78 is 0. The second-order valence-electron chi connectivity index (χ2n) is 5.34. The fraction of sp³-hybridized carbons (Fsp3) is 0.235. The Morgan fingerprint density at radius 3 is 2.00 bits per heavy atom. The molecule has 2 aromatic carbocycles. The smallest absolute Gasteiger partial charge is 0.304 e. The van der Waals surface area contributed by atoms with Gasteiger partial charge in [0.1, 0.15) is 0 Å². The number of benzene rings is 2. The maximum Gasteiger partial charge on any atom is 0.304 e. The monoisotopic (exact) mass is 252 g/mol. The van der Waals surface area contributed by atoms with Crippen LogP contribution in [-0.2, 0) is 23.1 Å². The fourth-order valence-corrected chi connectivity index (χ4v) is 3.21. The molecule has 2 heteroatoms. The zero-order valence-electron chi connectivity index (χ0n) is 10.7. The Morgan fingerprint density at radius 1 is 0.947 bits per heavy atom. The molecule has 0 heterocycles. The van der Waals surface area contributed by atoms with Crippen molar-refractivity contribution in [3.05, 3.63) is 71.3 Å². The number of hydrogen-bond donors (Lipinski definition) is 1. The van der Waals surface area contributed by atoms with E-state index in [1.165, 1.54) is 11.1 Å². The number of rotatable bonds is 3. The number of carboxylic acid groups (broad SMARTS) is 1.